The number of carbonyl (C=O) groups excluding carboxylic acids is 1. The van der Waals surface area contributed by atoms with Crippen molar-refractivity contribution in [2.45, 2.75) is 19.9 Å². The maximum atomic E-state index is 12.1. The zero-order chi connectivity index (χ0) is 14.3. The van der Waals surface area contributed by atoms with Gasteiger partial charge in [-0.2, -0.15) is 0 Å². The molecular weight excluding hydrogens is 346 g/mol. The summed E-state index contributed by atoms with van der Waals surface area (Å²) in [5.41, 5.74) is 0.679. The SMILES string of the molecule is COCCNCCNC(=O)c1cc(Br)cn1C(C)C.Cl. The van der Waals surface area contributed by atoms with Crippen LogP contribution in [0.5, 0.6) is 0 Å². The van der Waals surface area contributed by atoms with E-state index in [0.29, 0.717) is 18.8 Å². The van der Waals surface area contributed by atoms with Gasteiger partial charge in [-0.1, -0.05) is 0 Å². The van der Waals surface area contributed by atoms with Gasteiger partial charge in [0.2, 0.25) is 0 Å². The Bertz CT molecular complexity index is 410. The molecule has 1 rings (SSSR count). The van der Waals surface area contributed by atoms with Gasteiger partial charge >= 0.3 is 0 Å². The molecule has 0 saturated heterocycles. The third kappa shape index (κ3) is 6.26. The first-order valence-corrected chi connectivity index (χ1v) is 7.20. The summed E-state index contributed by atoms with van der Waals surface area (Å²) >= 11 is 3.40. The fourth-order valence-electron chi connectivity index (χ4n) is 1.71. The molecule has 0 atom stereocenters. The summed E-state index contributed by atoms with van der Waals surface area (Å²) in [7, 11) is 1.67. The second-order valence-corrected chi connectivity index (χ2v) is 5.46. The average Bonchev–Trinajstić information content (AvgIpc) is 2.76. The lowest BCUT2D eigenvalue weighted by Crippen LogP contribution is -2.34. The molecular formula is C13H23BrClN3O2. The molecule has 20 heavy (non-hydrogen) atoms. The number of methoxy groups -OCH3 is 1. The van der Waals surface area contributed by atoms with Gasteiger partial charge in [-0.25, -0.2) is 0 Å². The Kier molecular flexibility index (Phi) is 9.92. The highest BCUT2D eigenvalue weighted by atomic mass is 79.9. The van der Waals surface area contributed by atoms with Crippen LogP contribution in [-0.4, -0.2) is 43.8 Å². The molecule has 0 aliphatic rings. The van der Waals surface area contributed by atoms with Gasteiger partial charge in [0.1, 0.15) is 5.69 Å². The van der Waals surface area contributed by atoms with Crippen molar-refractivity contribution in [3.8, 4) is 0 Å². The number of halogens is 2. The number of hydrogen-bond acceptors (Lipinski definition) is 3. The highest BCUT2D eigenvalue weighted by Crippen LogP contribution is 2.19. The van der Waals surface area contributed by atoms with Crippen LogP contribution in [0.3, 0.4) is 0 Å². The lowest BCUT2D eigenvalue weighted by Gasteiger charge is -2.12. The summed E-state index contributed by atoms with van der Waals surface area (Å²) < 4.78 is 7.80. The average molecular weight is 369 g/mol. The predicted molar refractivity (Wildman–Crippen MR) is 86.8 cm³/mol. The van der Waals surface area contributed by atoms with Crippen LogP contribution in [0.2, 0.25) is 0 Å². The standard InChI is InChI=1S/C13H22BrN3O2.ClH/c1-10(2)17-9-11(14)8-12(17)13(18)16-5-4-15-6-7-19-3;/h8-10,15H,4-7H2,1-3H3,(H,16,18);1H. The molecule has 7 heteroatoms. The van der Waals surface area contributed by atoms with Crippen LogP contribution in [0.15, 0.2) is 16.7 Å². The Hall–Kier alpha value is -0.560. The zero-order valence-electron chi connectivity index (χ0n) is 12.1. The molecule has 2 N–H and O–H groups in total. The van der Waals surface area contributed by atoms with Crippen LogP contribution in [0.25, 0.3) is 0 Å². The summed E-state index contributed by atoms with van der Waals surface area (Å²) in [6, 6.07) is 2.10. The molecule has 0 bridgehead atoms. The smallest absolute Gasteiger partial charge is 0.268 e. The quantitative estimate of drug-likeness (QED) is 0.692. The van der Waals surface area contributed by atoms with Crippen LogP contribution in [0.4, 0.5) is 0 Å². The molecule has 0 aliphatic carbocycles. The Morgan fingerprint density at radius 1 is 1.40 bits per heavy atom. The number of aromatic nitrogens is 1. The highest BCUT2D eigenvalue weighted by molar-refractivity contribution is 9.10. The maximum absolute atomic E-state index is 12.1. The van der Waals surface area contributed by atoms with E-state index in [-0.39, 0.29) is 24.4 Å². The van der Waals surface area contributed by atoms with E-state index in [2.05, 4.69) is 40.4 Å². The van der Waals surface area contributed by atoms with Crippen LogP contribution in [-0.2, 0) is 4.74 Å². The normalized spacial score (nSPS) is 10.4. The zero-order valence-corrected chi connectivity index (χ0v) is 14.5. The summed E-state index contributed by atoms with van der Waals surface area (Å²) in [5, 5.41) is 6.08. The molecule has 116 valence electrons. The number of nitrogens with one attached hydrogen (secondary N) is 2. The number of hydrogen-bond donors (Lipinski definition) is 2. The fraction of sp³-hybridized carbons (Fsp3) is 0.615. The predicted octanol–water partition coefficient (Wildman–Crippen LogP) is 2.22. The molecule has 0 aromatic carbocycles. The van der Waals surface area contributed by atoms with Crippen molar-refractivity contribution < 1.29 is 9.53 Å². The van der Waals surface area contributed by atoms with E-state index < -0.39 is 0 Å². The van der Waals surface area contributed by atoms with Crippen molar-refractivity contribution in [2.24, 2.45) is 0 Å². The fourth-order valence-corrected chi connectivity index (χ4v) is 2.15. The topological polar surface area (TPSA) is 55.3 Å². The minimum absolute atomic E-state index is 0. The lowest BCUT2D eigenvalue weighted by atomic mass is 10.3. The van der Waals surface area contributed by atoms with Crippen molar-refractivity contribution in [3.05, 3.63) is 22.4 Å². The van der Waals surface area contributed by atoms with E-state index >= 15 is 0 Å². The van der Waals surface area contributed by atoms with E-state index in [1.165, 1.54) is 0 Å². The van der Waals surface area contributed by atoms with Crippen molar-refractivity contribution in [2.75, 3.05) is 33.4 Å². The van der Waals surface area contributed by atoms with E-state index in [9.17, 15) is 4.79 Å². The first kappa shape index (κ1) is 19.4. The van der Waals surface area contributed by atoms with Crippen LogP contribution in [0, 0.1) is 0 Å². The number of amides is 1. The van der Waals surface area contributed by atoms with E-state index in [4.69, 9.17) is 4.74 Å². The van der Waals surface area contributed by atoms with Crippen LogP contribution < -0.4 is 10.6 Å². The molecule has 0 radical (unpaired) electrons. The molecule has 1 amide bonds. The van der Waals surface area contributed by atoms with E-state index in [1.807, 2.05) is 16.8 Å². The first-order chi connectivity index (χ1) is 9.06. The maximum Gasteiger partial charge on any atom is 0.268 e. The number of rotatable bonds is 8. The third-order valence-corrected chi connectivity index (χ3v) is 3.11. The number of carbonyl (C=O) groups is 1. The van der Waals surface area contributed by atoms with Gasteiger partial charge in [-0.3, -0.25) is 4.79 Å². The summed E-state index contributed by atoms with van der Waals surface area (Å²) in [6.45, 7) is 6.91. The minimum atomic E-state index is -0.0482. The summed E-state index contributed by atoms with van der Waals surface area (Å²) in [5.74, 6) is -0.0482. The number of nitrogens with zero attached hydrogens (tertiary/aromatic N) is 1. The third-order valence-electron chi connectivity index (χ3n) is 2.67. The van der Waals surface area contributed by atoms with Crippen molar-refractivity contribution in [1.29, 1.82) is 0 Å². The van der Waals surface area contributed by atoms with Crippen LogP contribution in [0.1, 0.15) is 30.4 Å². The van der Waals surface area contributed by atoms with Gasteiger partial charge < -0.3 is 19.9 Å². The minimum Gasteiger partial charge on any atom is -0.383 e. The molecule has 1 aromatic rings. The number of ether oxygens (including phenoxy) is 1. The Balaban J connectivity index is 0.00000361. The van der Waals surface area contributed by atoms with E-state index in [0.717, 1.165) is 17.6 Å². The monoisotopic (exact) mass is 367 g/mol. The molecule has 0 unspecified atom stereocenters. The van der Waals surface area contributed by atoms with Crippen molar-refractivity contribution in [3.63, 3.8) is 0 Å². The van der Waals surface area contributed by atoms with Gasteiger partial charge in [0, 0.05) is 43.5 Å². The van der Waals surface area contributed by atoms with Gasteiger partial charge in [0.05, 0.1) is 6.61 Å². The Morgan fingerprint density at radius 3 is 2.70 bits per heavy atom. The lowest BCUT2D eigenvalue weighted by molar-refractivity contribution is 0.0943. The van der Waals surface area contributed by atoms with E-state index in [1.54, 1.807) is 7.11 Å². The van der Waals surface area contributed by atoms with Crippen molar-refractivity contribution >= 4 is 34.2 Å². The molecule has 0 spiro atoms. The molecule has 0 saturated carbocycles. The van der Waals surface area contributed by atoms with Crippen molar-refractivity contribution in [1.82, 2.24) is 15.2 Å². The van der Waals surface area contributed by atoms with Gasteiger partial charge in [0.15, 0.2) is 0 Å². The van der Waals surface area contributed by atoms with Gasteiger partial charge in [0.25, 0.3) is 5.91 Å². The van der Waals surface area contributed by atoms with Crippen LogP contribution >= 0.6 is 28.3 Å². The molecule has 1 aromatic heterocycles. The van der Waals surface area contributed by atoms with Gasteiger partial charge in [-0.05, 0) is 35.8 Å². The summed E-state index contributed by atoms with van der Waals surface area (Å²) in [6.07, 6.45) is 1.93. The largest absolute Gasteiger partial charge is 0.383 e. The van der Waals surface area contributed by atoms with Gasteiger partial charge in [-0.15, -0.1) is 12.4 Å². The highest BCUT2D eigenvalue weighted by Gasteiger charge is 2.14. The summed E-state index contributed by atoms with van der Waals surface area (Å²) in [4.78, 5) is 12.1. The first-order valence-electron chi connectivity index (χ1n) is 6.41. The molecule has 1 heterocycles. The Labute approximate surface area is 135 Å². The Morgan fingerprint density at radius 2 is 2.10 bits per heavy atom. The second kappa shape index (κ2) is 10.2. The molecule has 5 nitrogen and oxygen atoms in total. The second-order valence-electron chi connectivity index (χ2n) is 4.54. The molecule has 0 fully saturated rings. The molecule has 0 aliphatic heterocycles.